The van der Waals surface area contributed by atoms with Crippen LogP contribution in [0.15, 0.2) is 18.2 Å². The van der Waals surface area contributed by atoms with Gasteiger partial charge in [-0.1, -0.05) is 19.4 Å². The van der Waals surface area contributed by atoms with Crippen LogP contribution in [0.25, 0.3) is 0 Å². The fraction of sp³-hybridized carbons (Fsp3) is 0.500. The van der Waals surface area contributed by atoms with Gasteiger partial charge in [-0.3, -0.25) is 0 Å². The molecule has 20 heavy (non-hydrogen) atoms. The van der Waals surface area contributed by atoms with Crippen LogP contribution in [0.2, 0.25) is 0 Å². The van der Waals surface area contributed by atoms with E-state index in [0.717, 1.165) is 18.9 Å². The quantitative estimate of drug-likeness (QED) is 0.384. The summed E-state index contributed by atoms with van der Waals surface area (Å²) in [5, 5.41) is 0. The van der Waals surface area contributed by atoms with Crippen LogP contribution in [0.4, 0.5) is 17.3 Å². The monoisotopic (exact) mass is 318 g/mol. The van der Waals surface area contributed by atoms with Crippen LogP contribution in [-0.2, 0) is 4.74 Å². The molecule has 0 radical (unpaired) electrons. The fourth-order valence-electron chi connectivity index (χ4n) is 1.39. The molecule has 0 fully saturated rings. The number of unbranched alkanes of at least 4 members (excludes halogenated alkanes) is 1. The maximum absolute atomic E-state index is 13.3. The minimum atomic E-state index is -5.15. The van der Waals surface area contributed by atoms with E-state index in [1.165, 1.54) is 0 Å². The molecule has 8 heteroatoms. The molecule has 0 unspecified atom stereocenters. The van der Waals surface area contributed by atoms with Crippen molar-refractivity contribution in [3.05, 3.63) is 24.0 Å². The summed E-state index contributed by atoms with van der Waals surface area (Å²) >= 11 is 0. The Hall–Kier alpha value is 0.401. The van der Waals surface area contributed by atoms with Crippen molar-refractivity contribution in [3.63, 3.8) is 0 Å². The predicted molar refractivity (Wildman–Crippen MR) is 66.3 cm³/mol. The second-order valence-corrected chi connectivity index (χ2v) is 4.08. The minimum absolute atomic E-state index is 0. The average molecular weight is 318 g/mol. The van der Waals surface area contributed by atoms with Crippen LogP contribution < -0.4 is 61.6 Å². The molecule has 108 valence electrons. The molecule has 1 rings (SSSR count). The van der Waals surface area contributed by atoms with Crippen molar-refractivity contribution < 1.29 is 78.2 Å². The number of hydrogen-bond donors (Lipinski definition) is 0. The third kappa shape index (κ3) is 7.42. The molecule has 0 aliphatic carbocycles. The summed E-state index contributed by atoms with van der Waals surface area (Å²) in [7, 11) is 0. The molecule has 0 spiro atoms. The van der Waals surface area contributed by atoms with Gasteiger partial charge in [-0.15, -0.1) is 5.46 Å². The third-order valence-corrected chi connectivity index (χ3v) is 2.46. The first-order valence-corrected chi connectivity index (χ1v) is 6.15. The molecule has 0 aliphatic rings. The molecule has 0 N–H and O–H groups in total. The Bertz CT molecular complexity index is 402. The van der Waals surface area contributed by atoms with Crippen LogP contribution in [0.1, 0.15) is 19.8 Å². The molecule has 0 saturated carbocycles. The first-order chi connectivity index (χ1) is 8.95. The van der Waals surface area contributed by atoms with Gasteiger partial charge in [0.05, 0.1) is 6.61 Å². The van der Waals surface area contributed by atoms with Crippen LogP contribution in [-0.4, -0.2) is 26.8 Å². The average Bonchev–Trinajstić information content (AvgIpc) is 2.34. The zero-order valence-corrected chi connectivity index (χ0v) is 14.8. The van der Waals surface area contributed by atoms with Gasteiger partial charge in [0.25, 0.3) is 0 Å². The van der Waals surface area contributed by atoms with Gasteiger partial charge in [0.15, 0.2) is 11.6 Å². The second-order valence-electron chi connectivity index (χ2n) is 4.08. The fourth-order valence-corrected chi connectivity index (χ4v) is 1.39. The molecule has 0 heterocycles. The van der Waals surface area contributed by atoms with Gasteiger partial charge in [-0.05, 0) is 18.6 Å². The van der Waals surface area contributed by atoms with Crippen LogP contribution in [0, 0.1) is 5.82 Å². The molecule has 0 amide bonds. The molecule has 0 saturated heterocycles. The Labute approximate surface area is 158 Å². The van der Waals surface area contributed by atoms with Crippen molar-refractivity contribution in [2.75, 3.05) is 19.8 Å². The largest absolute Gasteiger partial charge is 1.00 e. The van der Waals surface area contributed by atoms with E-state index in [1.807, 2.05) is 6.92 Å². The van der Waals surface area contributed by atoms with Gasteiger partial charge >= 0.3 is 58.4 Å². The molecule has 2 nitrogen and oxygen atoms in total. The summed E-state index contributed by atoms with van der Waals surface area (Å²) in [4.78, 5) is 0. The van der Waals surface area contributed by atoms with E-state index in [2.05, 4.69) is 0 Å². The van der Waals surface area contributed by atoms with Gasteiger partial charge < -0.3 is 22.4 Å². The number of rotatable bonds is 8. The Morgan fingerprint density at radius 3 is 2.40 bits per heavy atom. The van der Waals surface area contributed by atoms with Crippen molar-refractivity contribution in [2.45, 2.75) is 19.8 Å². The zero-order valence-electron chi connectivity index (χ0n) is 11.7. The molecule has 1 aromatic carbocycles. The van der Waals surface area contributed by atoms with Crippen molar-refractivity contribution in [2.24, 2.45) is 0 Å². The minimum Gasteiger partial charge on any atom is -0.488 e. The first-order valence-electron chi connectivity index (χ1n) is 6.15. The maximum atomic E-state index is 13.3. The molecular weight excluding hydrogens is 302 g/mol. The van der Waals surface area contributed by atoms with E-state index < -0.39 is 24.0 Å². The Morgan fingerprint density at radius 1 is 1.10 bits per heavy atom. The number of halogens is 4. The second kappa shape index (κ2) is 10.2. The Kier molecular flexibility index (Phi) is 10.4. The van der Waals surface area contributed by atoms with Crippen LogP contribution >= 0.6 is 0 Å². The number of hydrogen-bond acceptors (Lipinski definition) is 2. The SMILES string of the molecule is CCCCOCCOc1cc([B-](F)(F)F)ccc1F.[K+]. The van der Waals surface area contributed by atoms with Crippen molar-refractivity contribution in [3.8, 4) is 5.75 Å². The molecular formula is C12H16BF4KO2. The zero-order chi connectivity index (χ0) is 14.3. The number of ether oxygens (including phenoxy) is 2. The van der Waals surface area contributed by atoms with E-state index in [9.17, 15) is 17.3 Å². The Balaban J connectivity index is 0.00000361. The standard InChI is InChI=1S/C12H16BF4O2.K/c1-2-3-6-18-7-8-19-12-9-10(13(15,16)17)4-5-11(12)14;/h4-5,9H,2-3,6-8H2,1H3;/q-1;+1. The van der Waals surface area contributed by atoms with Gasteiger partial charge in [-0.2, -0.15) is 0 Å². The number of benzene rings is 1. The van der Waals surface area contributed by atoms with E-state index >= 15 is 0 Å². The van der Waals surface area contributed by atoms with Crippen molar-refractivity contribution in [1.82, 2.24) is 0 Å². The molecule has 1 aromatic rings. The van der Waals surface area contributed by atoms with E-state index in [-0.39, 0.29) is 64.6 Å². The summed E-state index contributed by atoms with van der Waals surface area (Å²) in [6, 6.07) is 2.15. The van der Waals surface area contributed by atoms with Gasteiger partial charge in [0, 0.05) is 6.61 Å². The van der Waals surface area contributed by atoms with E-state index in [4.69, 9.17) is 9.47 Å². The maximum Gasteiger partial charge on any atom is 1.00 e. The van der Waals surface area contributed by atoms with Gasteiger partial charge in [0.2, 0.25) is 0 Å². The summed E-state index contributed by atoms with van der Waals surface area (Å²) in [5.41, 5.74) is -0.872. The smallest absolute Gasteiger partial charge is 0.488 e. The van der Waals surface area contributed by atoms with E-state index in [0.29, 0.717) is 18.7 Å². The Morgan fingerprint density at radius 2 is 1.80 bits per heavy atom. The normalized spacial score (nSPS) is 11.1. The summed E-state index contributed by atoms with van der Waals surface area (Å²) in [6.45, 7) is -2.33. The summed E-state index contributed by atoms with van der Waals surface area (Å²) in [5.74, 6) is -1.20. The van der Waals surface area contributed by atoms with Crippen molar-refractivity contribution in [1.29, 1.82) is 0 Å². The van der Waals surface area contributed by atoms with Gasteiger partial charge in [0.1, 0.15) is 6.61 Å². The topological polar surface area (TPSA) is 18.5 Å². The van der Waals surface area contributed by atoms with Crippen molar-refractivity contribution >= 4 is 12.4 Å². The van der Waals surface area contributed by atoms with E-state index in [1.54, 1.807) is 0 Å². The predicted octanol–water partition coefficient (Wildman–Crippen LogP) is 0.0796. The summed E-state index contributed by atoms with van der Waals surface area (Å²) < 4.78 is 60.9. The van der Waals surface area contributed by atoms with Crippen LogP contribution in [0.3, 0.4) is 0 Å². The molecule has 0 atom stereocenters. The molecule has 0 aliphatic heterocycles. The van der Waals surface area contributed by atoms with Crippen LogP contribution in [0.5, 0.6) is 5.75 Å². The molecule has 0 aromatic heterocycles. The van der Waals surface area contributed by atoms with Gasteiger partial charge in [-0.25, -0.2) is 4.39 Å². The summed E-state index contributed by atoms with van der Waals surface area (Å²) in [6.07, 6.45) is 1.89. The molecule has 0 bridgehead atoms. The third-order valence-electron chi connectivity index (χ3n) is 2.46. The first kappa shape index (κ1) is 20.4.